The number of amides is 1. The lowest BCUT2D eigenvalue weighted by atomic mass is 9.98. The van der Waals surface area contributed by atoms with E-state index in [0.717, 1.165) is 29.8 Å². The highest BCUT2D eigenvalue weighted by Crippen LogP contribution is 2.26. The van der Waals surface area contributed by atoms with E-state index in [1.165, 1.54) is 29.2 Å². The summed E-state index contributed by atoms with van der Waals surface area (Å²) in [5.41, 5.74) is 9.53. The molecule has 8 nitrogen and oxygen atoms in total. The Kier molecular flexibility index (Phi) is 8.54. The number of nitrogens with two attached hydrogens (primary N) is 2. The van der Waals surface area contributed by atoms with E-state index in [2.05, 4.69) is 4.98 Å². The molecule has 8 heteroatoms. The molecule has 2 aromatic rings. The Morgan fingerprint density at radius 1 is 1.09 bits per heavy atom. The van der Waals surface area contributed by atoms with Crippen LogP contribution in [0.1, 0.15) is 49.1 Å². The zero-order valence-corrected chi connectivity index (χ0v) is 19.8. The van der Waals surface area contributed by atoms with Crippen molar-refractivity contribution in [1.29, 1.82) is 0 Å². The lowest BCUT2D eigenvalue weighted by Gasteiger charge is -2.24. The van der Waals surface area contributed by atoms with Gasteiger partial charge < -0.3 is 25.1 Å². The molecule has 1 fully saturated rings. The summed E-state index contributed by atoms with van der Waals surface area (Å²) in [6.07, 6.45) is 5.62. The van der Waals surface area contributed by atoms with Crippen LogP contribution in [0.3, 0.4) is 0 Å². The lowest BCUT2D eigenvalue weighted by Crippen LogP contribution is -2.33. The molecule has 178 valence electrons. The molecule has 1 saturated carbocycles. The van der Waals surface area contributed by atoms with Crippen LogP contribution in [0.5, 0.6) is 5.75 Å². The van der Waals surface area contributed by atoms with Crippen LogP contribution in [0.4, 0.5) is 4.79 Å². The SMILES string of the molecule is Cc1nc(/C(N)=C(\COC(=O)N(C)Cc2ccccc2)N(C)N)ccc1OC1CCCCC1. The van der Waals surface area contributed by atoms with E-state index in [-0.39, 0.29) is 12.7 Å². The van der Waals surface area contributed by atoms with E-state index < -0.39 is 6.09 Å². The minimum Gasteiger partial charge on any atom is -0.489 e. The first-order valence-electron chi connectivity index (χ1n) is 11.4. The van der Waals surface area contributed by atoms with Gasteiger partial charge >= 0.3 is 6.09 Å². The molecule has 1 aliphatic rings. The molecule has 0 spiro atoms. The number of aromatic nitrogens is 1. The van der Waals surface area contributed by atoms with E-state index in [1.807, 2.05) is 49.4 Å². The quantitative estimate of drug-likeness (QED) is 0.462. The average Bonchev–Trinajstić information content (AvgIpc) is 2.81. The van der Waals surface area contributed by atoms with E-state index in [9.17, 15) is 4.79 Å². The molecule has 1 heterocycles. The molecule has 0 aliphatic heterocycles. The third kappa shape index (κ3) is 6.86. The van der Waals surface area contributed by atoms with Crippen LogP contribution in [-0.2, 0) is 11.3 Å². The van der Waals surface area contributed by atoms with Crippen LogP contribution in [0.2, 0.25) is 0 Å². The largest absolute Gasteiger partial charge is 0.489 e. The van der Waals surface area contributed by atoms with E-state index >= 15 is 0 Å². The Morgan fingerprint density at radius 2 is 1.79 bits per heavy atom. The average molecular weight is 454 g/mol. The number of likely N-dealkylation sites (N-methyl/N-ethyl adjacent to an activating group) is 1. The smallest absolute Gasteiger partial charge is 0.410 e. The molecule has 0 saturated heterocycles. The maximum absolute atomic E-state index is 12.5. The number of carbonyl (C=O) groups is 1. The number of ether oxygens (including phenoxy) is 2. The maximum atomic E-state index is 12.5. The van der Waals surface area contributed by atoms with Crippen molar-refractivity contribution in [2.45, 2.75) is 51.7 Å². The predicted molar refractivity (Wildman–Crippen MR) is 129 cm³/mol. The van der Waals surface area contributed by atoms with Gasteiger partial charge in [-0.1, -0.05) is 36.8 Å². The summed E-state index contributed by atoms with van der Waals surface area (Å²) in [7, 11) is 3.33. The normalized spacial score (nSPS) is 14.9. The van der Waals surface area contributed by atoms with Crippen molar-refractivity contribution in [2.24, 2.45) is 11.6 Å². The van der Waals surface area contributed by atoms with Crippen molar-refractivity contribution in [1.82, 2.24) is 14.9 Å². The summed E-state index contributed by atoms with van der Waals surface area (Å²) >= 11 is 0. The molecule has 0 atom stereocenters. The lowest BCUT2D eigenvalue weighted by molar-refractivity contribution is 0.111. The first kappa shape index (κ1) is 24.4. The van der Waals surface area contributed by atoms with E-state index in [0.29, 0.717) is 23.6 Å². The van der Waals surface area contributed by atoms with Crippen LogP contribution in [-0.4, -0.2) is 47.8 Å². The predicted octanol–water partition coefficient (Wildman–Crippen LogP) is 3.80. The molecule has 1 aromatic carbocycles. The number of benzene rings is 1. The van der Waals surface area contributed by atoms with Crippen LogP contribution >= 0.6 is 0 Å². The number of hydrogen-bond donors (Lipinski definition) is 2. The Bertz CT molecular complexity index is 956. The second kappa shape index (κ2) is 11.6. The Morgan fingerprint density at radius 3 is 2.42 bits per heavy atom. The molecule has 1 amide bonds. The number of rotatable bonds is 8. The van der Waals surface area contributed by atoms with Gasteiger partial charge in [-0.15, -0.1) is 0 Å². The van der Waals surface area contributed by atoms with Gasteiger partial charge in [0.2, 0.25) is 0 Å². The van der Waals surface area contributed by atoms with Gasteiger partial charge in [0, 0.05) is 20.6 Å². The van der Waals surface area contributed by atoms with Gasteiger partial charge in [0.05, 0.1) is 28.9 Å². The third-order valence-electron chi connectivity index (χ3n) is 5.80. The minimum atomic E-state index is -0.466. The minimum absolute atomic E-state index is 0.0716. The second-order valence-electron chi connectivity index (χ2n) is 8.53. The number of carbonyl (C=O) groups excluding carboxylic acids is 1. The number of nitrogens with zero attached hydrogens (tertiary/aromatic N) is 3. The van der Waals surface area contributed by atoms with Crippen molar-refractivity contribution in [3.05, 3.63) is 65.1 Å². The first-order chi connectivity index (χ1) is 15.8. The second-order valence-corrected chi connectivity index (χ2v) is 8.53. The Hall–Kier alpha value is -3.26. The number of pyridine rings is 1. The standard InChI is InChI=1S/C25H35N5O3/c1-18-23(33-20-12-8-5-9-13-20)15-14-21(28-18)24(26)22(30(3)27)17-32-25(31)29(2)16-19-10-6-4-7-11-19/h4,6-7,10-11,14-15,20H,5,8-9,12-13,16-17,26-27H2,1-3H3/b24-22-. The summed E-state index contributed by atoms with van der Waals surface area (Å²) < 4.78 is 11.6. The van der Waals surface area contributed by atoms with Gasteiger partial charge in [-0.3, -0.25) is 0 Å². The zero-order valence-electron chi connectivity index (χ0n) is 19.8. The van der Waals surface area contributed by atoms with Crippen LogP contribution in [0.25, 0.3) is 5.70 Å². The molecule has 0 radical (unpaired) electrons. The van der Waals surface area contributed by atoms with Crippen molar-refractivity contribution in [3.63, 3.8) is 0 Å². The monoisotopic (exact) mass is 453 g/mol. The molecule has 1 aromatic heterocycles. The summed E-state index contributed by atoms with van der Waals surface area (Å²) in [5, 5.41) is 1.35. The van der Waals surface area contributed by atoms with Gasteiger partial charge in [0.1, 0.15) is 12.4 Å². The molecule has 1 aliphatic carbocycles. The fraction of sp³-hybridized carbons (Fsp3) is 0.440. The maximum Gasteiger partial charge on any atom is 0.410 e. The number of hydrogen-bond acceptors (Lipinski definition) is 7. The van der Waals surface area contributed by atoms with Crippen molar-refractivity contribution < 1.29 is 14.3 Å². The third-order valence-corrected chi connectivity index (χ3v) is 5.80. The molecule has 0 unspecified atom stereocenters. The van der Waals surface area contributed by atoms with E-state index in [1.54, 1.807) is 14.1 Å². The van der Waals surface area contributed by atoms with Gasteiger partial charge in [-0.05, 0) is 50.3 Å². The van der Waals surface area contributed by atoms with Gasteiger partial charge in [0.15, 0.2) is 0 Å². The van der Waals surface area contributed by atoms with Crippen molar-refractivity contribution in [2.75, 3.05) is 20.7 Å². The molecule has 4 N–H and O–H groups in total. The fourth-order valence-electron chi connectivity index (χ4n) is 3.86. The van der Waals surface area contributed by atoms with Gasteiger partial charge in [-0.25, -0.2) is 15.6 Å². The molecule has 3 rings (SSSR count). The summed E-state index contributed by atoms with van der Waals surface area (Å²) in [6, 6.07) is 13.4. The summed E-state index contributed by atoms with van der Waals surface area (Å²) in [5.74, 6) is 6.76. The highest BCUT2D eigenvalue weighted by Gasteiger charge is 2.19. The zero-order chi connectivity index (χ0) is 23.8. The number of hydrazine groups is 1. The van der Waals surface area contributed by atoms with Crippen molar-refractivity contribution >= 4 is 11.8 Å². The molecule has 33 heavy (non-hydrogen) atoms. The molecule has 0 bridgehead atoms. The number of aryl methyl sites for hydroxylation is 1. The topological polar surface area (TPSA) is 107 Å². The van der Waals surface area contributed by atoms with Crippen LogP contribution < -0.4 is 16.3 Å². The molecular weight excluding hydrogens is 418 g/mol. The molecular formula is C25H35N5O3. The summed E-state index contributed by atoms with van der Waals surface area (Å²) in [6.45, 7) is 2.27. The Labute approximate surface area is 196 Å². The van der Waals surface area contributed by atoms with Crippen molar-refractivity contribution in [3.8, 4) is 5.75 Å². The van der Waals surface area contributed by atoms with Gasteiger partial charge in [-0.2, -0.15) is 0 Å². The van der Waals surface area contributed by atoms with Gasteiger partial charge in [0.25, 0.3) is 0 Å². The highest BCUT2D eigenvalue weighted by atomic mass is 16.6. The first-order valence-corrected chi connectivity index (χ1v) is 11.4. The summed E-state index contributed by atoms with van der Waals surface area (Å²) in [4.78, 5) is 18.6. The van der Waals surface area contributed by atoms with E-state index in [4.69, 9.17) is 21.1 Å². The Balaban J connectivity index is 1.66. The highest BCUT2D eigenvalue weighted by molar-refractivity contribution is 5.68. The fourth-order valence-corrected chi connectivity index (χ4v) is 3.86. The van der Waals surface area contributed by atoms with Crippen LogP contribution in [0.15, 0.2) is 48.2 Å². The van der Waals surface area contributed by atoms with Crippen LogP contribution in [0, 0.1) is 6.92 Å².